The Labute approximate surface area is 129 Å². The fraction of sp³-hybridized carbons (Fsp3) is 0.235. The molecule has 0 spiro atoms. The second-order valence-electron chi connectivity index (χ2n) is 4.66. The maximum atomic E-state index is 12.1. The molecule has 3 nitrogen and oxygen atoms in total. The Bertz CT molecular complexity index is 506. The number of thioether (sulfide) groups is 1. The Balaban J connectivity index is 2.12. The second-order valence-corrected chi connectivity index (χ2v) is 5.77. The molecule has 0 unspecified atom stereocenters. The fourth-order valence-corrected chi connectivity index (χ4v) is 2.68. The van der Waals surface area contributed by atoms with Crippen LogP contribution in [-0.4, -0.2) is 24.0 Å². The molecule has 2 aromatic carbocycles. The van der Waals surface area contributed by atoms with Crippen LogP contribution in [0.4, 0.5) is 0 Å². The molecule has 0 aromatic heterocycles. The van der Waals surface area contributed by atoms with Gasteiger partial charge in [-0.05, 0) is 11.1 Å². The number of benzene rings is 2. The van der Waals surface area contributed by atoms with E-state index in [1.807, 2.05) is 60.7 Å². The summed E-state index contributed by atoms with van der Waals surface area (Å²) in [6, 6.07) is 19.9. The molecule has 0 bridgehead atoms. The third-order valence-electron chi connectivity index (χ3n) is 3.07. The Kier molecular flexibility index (Phi) is 6.31. The van der Waals surface area contributed by atoms with Crippen LogP contribution in [0.15, 0.2) is 60.7 Å². The summed E-state index contributed by atoms with van der Waals surface area (Å²) in [5.41, 5.74) is 7.61. The fourth-order valence-electron chi connectivity index (χ4n) is 2.10. The van der Waals surface area contributed by atoms with Gasteiger partial charge in [-0.1, -0.05) is 60.7 Å². The van der Waals surface area contributed by atoms with Crippen LogP contribution < -0.4 is 11.1 Å². The SMILES string of the molecule is NCCSCC(=O)NC(c1ccccc1)c1ccccc1. The summed E-state index contributed by atoms with van der Waals surface area (Å²) in [5, 5.41) is 3.11. The van der Waals surface area contributed by atoms with Gasteiger partial charge in [0.2, 0.25) is 5.91 Å². The minimum Gasteiger partial charge on any atom is -0.344 e. The number of nitrogens with two attached hydrogens (primary N) is 1. The first-order valence-corrected chi connectivity index (χ1v) is 8.14. The summed E-state index contributed by atoms with van der Waals surface area (Å²) in [6.45, 7) is 0.596. The molecule has 4 heteroatoms. The minimum absolute atomic E-state index is 0.0335. The van der Waals surface area contributed by atoms with E-state index in [0.717, 1.165) is 16.9 Å². The van der Waals surface area contributed by atoms with Crippen molar-refractivity contribution in [2.24, 2.45) is 5.73 Å². The number of carbonyl (C=O) groups is 1. The summed E-state index contributed by atoms with van der Waals surface area (Å²) < 4.78 is 0. The van der Waals surface area contributed by atoms with Crippen molar-refractivity contribution < 1.29 is 4.79 Å². The van der Waals surface area contributed by atoms with E-state index in [-0.39, 0.29) is 11.9 Å². The van der Waals surface area contributed by atoms with Crippen LogP contribution in [0.1, 0.15) is 17.2 Å². The van der Waals surface area contributed by atoms with Crippen molar-refractivity contribution in [1.82, 2.24) is 5.32 Å². The molecule has 2 aromatic rings. The molecule has 1 amide bonds. The Morgan fingerprint density at radius 3 is 2.00 bits per heavy atom. The molecule has 21 heavy (non-hydrogen) atoms. The molecule has 0 heterocycles. The Hall–Kier alpha value is -1.78. The zero-order valence-corrected chi connectivity index (χ0v) is 12.7. The Morgan fingerprint density at radius 2 is 1.52 bits per heavy atom. The molecule has 3 N–H and O–H groups in total. The van der Waals surface area contributed by atoms with E-state index in [2.05, 4.69) is 5.32 Å². The topological polar surface area (TPSA) is 55.1 Å². The molecule has 0 aliphatic rings. The highest BCUT2D eigenvalue weighted by Crippen LogP contribution is 2.21. The molecule has 0 aliphatic heterocycles. The average Bonchev–Trinajstić information content (AvgIpc) is 2.54. The van der Waals surface area contributed by atoms with Crippen LogP contribution in [-0.2, 0) is 4.79 Å². The Morgan fingerprint density at radius 1 is 1.00 bits per heavy atom. The number of nitrogens with one attached hydrogen (secondary N) is 1. The van der Waals surface area contributed by atoms with E-state index in [4.69, 9.17) is 5.73 Å². The first-order valence-electron chi connectivity index (χ1n) is 6.98. The first kappa shape index (κ1) is 15.6. The largest absolute Gasteiger partial charge is 0.344 e. The van der Waals surface area contributed by atoms with Gasteiger partial charge in [-0.25, -0.2) is 0 Å². The van der Waals surface area contributed by atoms with Crippen LogP contribution in [0.5, 0.6) is 0 Å². The third kappa shape index (κ3) is 4.92. The highest BCUT2D eigenvalue weighted by atomic mass is 32.2. The molecular formula is C17H20N2OS. The van der Waals surface area contributed by atoms with Gasteiger partial charge in [0, 0.05) is 12.3 Å². The predicted molar refractivity (Wildman–Crippen MR) is 89.2 cm³/mol. The number of carbonyl (C=O) groups excluding carboxylic acids is 1. The molecule has 0 atom stereocenters. The van der Waals surface area contributed by atoms with Crippen LogP contribution in [0.25, 0.3) is 0 Å². The summed E-state index contributed by atoms with van der Waals surface area (Å²) in [6.07, 6.45) is 0. The quantitative estimate of drug-likeness (QED) is 0.773. The van der Waals surface area contributed by atoms with Gasteiger partial charge >= 0.3 is 0 Å². The van der Waals surface area contributed by atoms with Crippen molar-refractivity contribution in [2.45, 2.75) is 6.04 Å². The van der Waals surface area contributed by atoms with Gasteiger partial charge in [0.1, 0.15) is 0 Å². The lowest BCUT2D eigenvalue weighted by Gasteiger charge is -2.19. The van der Waals surface area contributed by atoms with Crippen LogP contribution in [0.2, 0.25) is 0 Å². The number of hydrogen-bond donors (Lipinski definition) is 2. The van der Waals surface area contributed by atoms with Crippen molar-refractivity contribution in [3.05, 3.63) is 71.8 Å². The van der Waals surface area contributed by atoms with Gasteiger partial charge in [0.05, 0.1) is 11.8 Å². The highest BCUT2D eigenvalue weighted by Gasteiger charge is 2.16. The zero-order chi connectivity index (χ0) is 14.9. The van der Waals surface area contributed by atoms with Gasteiger partial charge in [-0.3, -0.25) is 4.79 Å². The monoisotopic (exact) mass is 300 g/mol. The van der Waals surface area contributed by atoms with E-state index >= 15 is 0 Å². The average molecular weight is 300 g/mol. The van der Waals surface area contributed by atoms with Crippen molar-refractivity contribution in [3.63, 3.8) is 0 Å². The molecule has 110 valence electrons. The van der Waals surface area contributed by atoms with Crippen molar-refractivity contribution in [3.8, 4) is 0 Å². The third-order valence-corrected chi connectivity index (χ3v) is 4.06. The summed E-state index contributed by atoms with van der Waals surface area (Å²) in [5.74, 6) is 1.27. The van der Waals surface area contributed by atoms with Crippen molar-refractivity contribution in [2.75, 3.05) is 18.1 Å². The van der Waals surface area contributed by atoms with Crippen molar-refractivity contribution >= 4 is 17.7 Å². The summed E-state index contributed by atoms with van der Waals surface area (Å²) in [7, 11) is 0. The maximum Gasteiger partial charge on any atom is 0.230 e. The minimum atomic E-state index is -0.113. The summed E-state index contributed by atoms with van der Waals surface area (Å²) >= 11 is 1.56. The highest BCUT2D eigenvalue weighted by molar-refractivity contribution is 7.99. The van der Waals surface area contributed by atoms with Crippen LogP contribution in [0.3, 0.4) is 0 Å². The standard InChI is InChI=1S/C17H20N2OS/c18-11-12-21-13-16(20)19-17(14-7-3-1-4-8-14)15-9-5-2-6-10-15/h1-10,17H,11-13,18H2,(H,19,20). The normalized spacial score (nSPS) is 10.6. The maximum absolute atomic E-state index is 12.1. The lowest BCUT2D eigenvalue weighted by molar-refractivity contribution is -0.119. The molecule has 0 saturated heterocycles. The van der Waals surface area contributed by atoms with Crippen LogP contribution in [0, 0.1) is 0 Å². The molecule has 0 radical (unpaired) electrons. The van der Waals surface area contributed by atoms with E-state index in [9.17, 15) is 4.79 Å². The lowest BCUT2D eigenvalue weighted by Crippen LogP contribution is -2.31. The van der Waals surface area contributed by atoms with Crippen LogP contribution >= 0.6 is 11.8 Å². The number of rotatable bonds is 7. The predicted octanol–water partition coefficient (Wildman–Crippen LogP) is 2.58. The first-order chi connectivity index (χ1) is 10.3. The van der Waals surface area contributed by atoms with E-state index in [1.165, 1.54) is 0 Å². The molecule has 2 rings (SSSR count). The smallest absolute Gasteiger partial charge is 0.230 e. The van der Waals surface area contributed by atoms with Gasteiger partial charge in [0.25, 0.3) is 0 Å². The van der Waals surface area contributed by atoms with Gasteiger partial charge < -0.3 is 11.1 Å². The molecule has 0 aliphatic carbocycles. The summed E-state index contributed by atoms with van der Waals surface area (Å²) in [4.78, 5) is 12.1. The zero-order valence-electron chi connectivity index (χ0n) is 11.9. The van der Waals surface area contributed by atoms with E-state index < -0.39 is 0 Å². The van der Waals surface area contributed by atoms with Gasteiger partial charge in [-0.2, -0.15) is 11.8 Å². The van der Waals surface area contributed by atoms with E-state index in [1.54, 1.807) is 11.8 Å². The molecule has 0 saturated carbocycles. The molecular weight excluding hydrogens is 280 g/mol. The lowest BCUT2D eigenvalue weighted by atomic mass is 9.99. The number of amides is 1. The number of hydrogen-bond acceptors (Lipinski definition) is 3. The second kappa shape index (κ2) is 8.49. The van der Waals surface area contributed by atoms with Gasteiger partial charge in [0.15, 0.2) is 0 Å². The van der Waals surface area contributed by atoms with Gasteiger partial charge in [-0.15, -0.1) is 0 Å². The van der Waals surface area contributed by atoms with Crippen molar-refractivity contribution in [1.29, 1.82) is 0 Å². The van der Waals surface area contributed by atoms with E-state index in [0.29, 0.717) is 12.3 Å². The molecule has 0 fully saturated rings.